The molecular weight excluding hydrogens is 254 g/mol. The number of hydrogen-bond acceptors (Lipinski definition) is 5. The number of nitrogens with two attached hydrogens (primary N) is 1. The molecule has 7 heteroatoms. The lowest BCUT2D eigenvalue weighted by Gasteiger charge is -2.36. The van der Waals surface area contributed by atoms with E-state index < -0.39 is 4.92 Å². The summed E-state index contributed by atoms with van der Waals surface area (Å²) in [4.78, 5) is 24.5. The van der Waals surface area contributed by atoms with Crippen LogP contribution in [-0.4, -0.2) is 34.4 Å². The number of nitrogens with zero attached hydrogens (tertiary/aromatic N) is 2. The quantitative estimate of drug-likeness (QED) is 0.652. The molecule has 1 aliphatic heterocycles. The molecule has 98 valence electrons. The Hall–Kier alpha value is -1.47. The Morgan fingerprint density at radius 3 is 2.89 bits per heavy atom. The summed E-state index contributed by atoms with van der Waals surface area (Å²) in [6, 6.07) is 3.12. The largest absolute Gasteiger partial charge is 0.335 e. The molecule has 6 nitrogen and oxygen atoms in total. The molecule has 2 N–H and O–H groups in total. The molecule has 1 fully saturated rings. The predicted octanol–water partition coefficient (Wildman–Crippen LogP) is 1.61. The number of likely N-dealkylation sites (tertiary alicyclic amines) is 1. The Morgan fingerprint density at radius 2 is 2.33 bits per heavy atom. The van der Waals surface area contributed by atoms with Crippen LogP contribution < -0.4 is 5.73 Å². The van der Waals surface area contributed by atoms with Crippen LogP contribution in [0.1, 0.15) is 29.4 Å². The zero-order valence-corrected chi connectivity index (χ0v) is 10.9. The Labute approximate surface area is 109 Å². The average Bonchev–Trinajstić information content (AvgIpc) is 2.77. The molecule has 1 amide bonds. The van der Waals surface area contributed by atoms with E-state index in [0.29, 0.717) is 11.4 Å². The molecular formula is C11H15N3O3S. The van der Waals surface area contributed by atoms with E-state index in [4.69, 9.17) is 5.73 Å². The van der Waals surface area contributed by atoms with Gasteiger partial charge in [0, 0.05) is 24.7 Å². The van der Waals surface area contributed by atoms with Crippen molar-refractivity contribution in [3.8, 4) is 0 Å². The molecule has 2 rings (SSSR count). The Morgan fingerprint density at radius 1 is 1.61 bits per heavy atom. The second kappa shape index (κ2) is 5.03. The number of carbonyl (C=O) groups excluding carboxylic acids is 1. The molecule has 1 aromatic rings. The van der Waals surface area contributed by atoms with Gasteiger partial charge in [0.2, 0.25) is 0 Å². The maximum Gasteiger partial charge on any atom is 0.324 e. The van der Waals surface area contributed by atoms with Crippen LogP contribution in [0.15, 0.2) is 12.1 Å². The number of hydrogen-bond donors (Lipinski definition) is 1. The van der Waals surface area contributed by atoms with E-state index >= 15 is 0 Å². The number of piperidine rings is 1. The van der Waals surface area contributed by atoms with Crippen LogP contribution in [0.4, 0.5) is 5.00 Å². The summed E-state index contributed by atoms with van der Waals surface area (Å²) in [5.41, 5.74) is 5.85. The zero-order valence-electron chi connectivity index (χ0n) is 10.0. The van der Waals surface area contributed by atoms with Crippen molar-refractivity contribution in [2.45, 2.75) is 31.8 Å². The normalized spacial score (nSPS) is 24.0. The summed E-state index contributed by atoms with van der Waals surface area (Å²) < 4.78 is 0. The van der Waals surface area contributed by atoms with E-state index in [2.05, 4.69) is 0 Å². The van der Waals surface area contributed by atoms with E-state index in [-0.39, 0.29) is 23.0 Å². The number of amides is 1. The van der Waals surface area contributed by atoms with E-state index in [0.717, 1.165) is 24.2 Å². The first kappa shape index (κ1) is 13.0. The van der Waals surface area contributed by atoms with Crippen molar-refractivity contribution in [2.24, 2.45) is 5.73 Å². The minimum Gasteiger partial charge on any atom is -0.335 e. The molecule has 0 bridgehead atoms. The highest BCUT2D eigenvalue weighted by molar-refractivity contribution is 7.17. The van der Waals surface area contributed by atoms with E-state index in [9.17, 15) is 14.9 Å². The summed E-state index contributed by atoms with van der Waals surface area (Å²) in [5.74, 6) is -0.132. The topological polar surface area (TPSA) is 89.5 Å². The fourth-order valence-electron chi connectivity index (χ4n) is 2.19. The highest BCUT2D eigenvalue weighted by atomic mass is 32.1. The van der Waals surface area contributed by atoms with Crippen molar-refractivity contribution in [2.75, 3.05) is 6.54 Å². The molecule has 0 spiro atoms. The van der Waals surface area contributed by atoms with Crippen LogP contribution in [0.5, 0.6) is 0 Å². The number of rotatable bonds is 2. The fourth-order valence-corrected chi connectivity index (χ4v) is 2.97. The molecule has 0 radical (unpaired) electrons. The van der Waals surface area contributed by atoms with E-state index in [1.165, 1.54) is 12.1 Å². The van der Waals surface area contributed by atoms with Gasteiger partial charge in [0.05, 0.1) is 9.80 Å². The maximum atomic E-state index is 12.2. The van der Waals surface area contributed by atoms with Crippen LogP contribution in [0.25, 0.3) is 0 Å². The van der Waals surface area contributed by atoms with Crippen molar-refractivity contribution in [3.63, 3.8) is 0 Å². The van der Waals surface area contributed by atoms with Crippen molar-refractivity contribution in [1.29, 1.82) is 0 Å². The third-order valence-corrected chi connectivity index (χ3v) is 4.19. The van der Waals surface area contributed by atoms with Crippen LogP contribution in [0.3, 0.4) is 0 Å². The van der Waals surface area contributed by atoms with Crippen LogP contribution >= 0.6 is 11.3 Å². The average molecular weight is 269 g/mol. The monoisotopic (exact) mass is 269 g/mol. The molecule has 1 aromatic heterocycles. The molecule has 0 saturated carbocycles. The van der Waals surface area contributed by atoms with Gasteiger partial charge < -0.3 is 10.6 Å². The SMILES string of the molecule is CC1CC(N)CCN1C(=O)c1ccc([N+](=O)[O-])s1. The Bertz CT molecular complexity index is 474. The van der Waals surface area contributed by atoms with Gasteiger partial charge in [0.15, 0.2) is 0 Å². The van der Waals surface area contributed by atoms with Gasteiger partial charge >= 0.3 is 5.00 Å². The van der Waals surface area contributed by atoms with Gasteiger partial charge in [0.25, 0.3) is 5.91 Å². The molecule has 2 atom stereocenters. The number of thiophene rings is 1. The van der Waals surface area contributed by atoms with Gasteiger partial charge in [-0.1, -0.05) is 11.3 Å². The molecule has 18 heavy (non-hydrogen) atoms. The second-order valence-electron chi connectivity index (χ2n) is 4.53. The van der Waals surface area contributed by atoms with Crippen molar-refractivity contribution in [3.05, 3.63) is 27.1 Å². The van der Waals surface area contributed by atoms with E-state index in [1.54, 1.807) is 4.90 Å². The van der Waals surface area contributed by atoms with Gasteiger partial charge in [-0.25, -0.2) is 0 Å². The highest BCUT2D eigenvalue weighted by Crippen LogP contribution is 2.27. The molecule has 0 aliphatic carbocycles. The highest BCUT2D eigenvalue weighted by Gasteiger charge is 2.29. The third kappa shape index (κ3) is 2.51. The third-order valence-electron chi connectivity index (χ3n) is 3.16. The van der Waals surface area contributed by atoms with Crippen LogP contribution in [0.2, 0.25) is 0 Å². The van der Waals surface area contributed by atoms with Gasteiger partial charge in [-0.2, -0.15) is 0 Å². The predicted molar refractivity (Wildman–Crippen MR) is 68.7 cm³/mol. The van der Waals surface area contributed by atoms with Crippen molar-refractivity contribution >= 4 is 22.2 Å². The van der Waals surface area contributed by atoms with Crippen molar-refractivity contribution in [1.82, 2.24) is 4.90 Å². The van der Waals surface area contributed by atoms with Gasteiger partial charge in [-0.05, 0) is 25.8 Å². The first-order valence-electron chi connectivity index (χ1n) is 5.80. The lowest BCUT2D eigenvalue weighted by molar-refractivity contribution is -0.380. The maximum absolute atomic E-state index is 12.2. The lowest BCUT2D eigenvalue weighted by Crippen LogP contribution is -2.48. The Kier molecular flexibility index (Phi) is 3.63. The molecule has 0 aromatic carbocycles. The molecule has 2 heterocycles. The molecule has 1 aliphatic rings. The first-order chi connectivity index (χ1) is 8.49. The van der Waals surface area contributed by atoms with E-state index in [1.807, 2.05) is 6.92 Å². The van der Waals surface area contributed by atoms with Gasteiger partial charge in [-0.15, -0.1) is 0 Å². The Balaban J connectivity index is 2.13. The zero-order chi connectivity index (χ0) is 13.3. The van der Waals surface area contributed by atoms with Crippen molar-refractivity contribution < 1.29 is 9.72 Å². The smallest absolute Gasteiger partial charge is 0.324 e. The minimum absolute atomic E-state index is 0.000265. The fraction of sp³-hybridized carbons (Fsp3) is 0.545. The van der Waals surface area contributed by atoms with Crippen LogP contribution in [0, 0.1) is 10.1 Å². The minimum atomic E-state index is -0.475. The summed E-state index contributed by atoms with van der Waals surface area (Å²) in [5, 5.41) is 10.6. The summed E-state index contributed by atoms with van der Waals surface area (Å²) in [7, 11) is 0. The first-order valence-corrected chi connectivity index (χ1v) is 6.61. The molecule has 1 saturated heterocycles. The lowest BCUT2D eigenvalue weighted by atomic mass is 9.99. The summed E-state index contributed by atoms with van der Waals surface area (Å²) >= 11 is 0.924. The van der Waals surface area contributed by atoms with Gasteiger partial charge in [0.1, 0.15) is 0 Å². The number of carbonyl (C=O) groups is 1. The standard InChI is InChI=1S/C11H15N3O3S/c1-7-6-8(12)4-5-13(7)11(15)9-2-3-10(18-9)14(16)17/h2-3,7-8H,4-6,12H2,1H3. The second-order valence-corrected chi connectivity index (χ2v) is 5.59. The summed E-state index contributed by atoms with van der Waals surface area (Å²) in [6.45, 7) is 2.58. The van der Waals surface area contributed by atoms with Crippen LogP contribution in [-0.2, 0) is 0 Å². The molecule has 2 unspecified atom stereocenters. The number of nitro groups is 1. The van der Waals surface area contributed by atoms with Gasteiger partial charge in [-0.3, -0.25) is 14.9 Å². The summed E-state index contributed by atoms with van der Waals surface area (Å²) in [6.07, 6.45) is 1.56.